The van der Waals surface area contributed by atoms with Gasteiger partial charge in [-0.2, -0.15) is 0 Å². The van der Waals surface area contributed by atoms with Crippen LogP contribution in [0.4, 0.5) is 0 Å². The number of carbonyl (C=O) groups excluding carboxylic acids is 1. The van der Waals surface area contributed by atoms with E-state index in [0.717, 1.165) is 30.8 Å². The second-order valence-electron chi connectivity index (χ2n) is 5.00. The maximum Gasteiger partial charge on any atom is 0.327 e. The first-order valence-corrected chi connectivity index (χ1v) is 7.40. The largest absolute Gasteiger partial charge is 0.494 e. The molecule has 5 nitrogen and oxygen atoms in total. The highest BCUT2D eigenvalue weighted by atomic mass is 16.5. The first-order chi connectivity index (χ1) is 10.2. The molecule has 1 aliphatic heterocycles. The smallest absolute Gasteiger partial charge is 0.327 e. The Morgan fingerprint density at radius 2 is 2.38 bits per heavy atom. The number of ether oxygens (including phenoxy) is 3. The first kappa shape index (κ1) is 15.8. The van der Waals surface area contributed by atoms with Gasteiger partial charge in [-0.3, -0.25) is 5.32 Å². The van der Waals surface area contributed by atoms with Crippen molar-refractivity contribution in [2.24, 2.45) is 0 Å². The fourth-order valence-electron chi connectivity index (χ4n) is 2.46. The number of hydrogen-bond acceptors (Lipinski definition) is 5. The zero-order valence-corrected chi connectivity index (χ0v) is 12.6. The van der Waals surface area contributed by atoms with Crippen LogP contribution in [0.15, 0.2) is 24.3 Å². The molecular weight excluding hydrogens is 270 g/mol. The summed E-state index contributed by atoms with van der Waals surface area (Å²) in [6, 6.07) is 7.02. The lowest BCUT2D eigenvalue weighted by molar-refractivity contribution is -0.143. The van der Waals surface area contributed by atoms with Gasteiger partial charge < -0.3 is 14.2 Å². The van der Waals surface area contributed by atoms with E-state index in [9.17, 15) is 4.79 Å². The average Bonchev–Trinajstić information content (AvgIpc) is 3.01. The number of methoxy groups -OCH3 is 1. The highest BCUT2D eigenvalue weighted by Crippen LogP contribution is 2.21. The lowest BCUT2D eigenvalue weighted by atomic mass is 10.1. The Morgan fingerprint density at radius 1 is 1.52 bits per heavy atom. The van der Waals surface area contributed by atoms with Gasteiger partial charge in [0.2, 0.25) is 0 Å². The zero-order chi connectivity index (χ0) is 15.1. The molecule has 2 atom stereocenters. The molecule has 0 radical (unpaired) electrons. The van der Waals surface area contributed by atoms with Crippen molar-refractivity contribution in [3.63, 3.8) is 0 Å². The highest BCUT2D eigenvalue weighted by molar-refractivity contribution is 5.77. The molecule has 0 aromatic heterocycles. The molecule has 1 aliphatic rings. The third-order valence-electron chi connectivity index (χ3n) is 3.51. The monoisotopic (exact) mass is 293 g/mol. The quantitative estimate of drug-likeness (QED) is 0.780. The Labute approximate surface area is 125 Å². The molecule has 1 N–H and O–H groups in total. The molecule has 1 fully saturated rings. The lowest BCUT2D eigenvalue weighted by Gasteiger charge is -2.19. The van der Waals surface area contributed by atoms with Gasteiger partial charge in [-0.05, 0) is 37.5 Å². The molecule has 0 spiro atoms. The van der Waals surface area contributed by atoms with Gasteiger partial charge in [0.1, 0.15) is 11.8 Å². The zero-order valence-electron chi connectivity index (χ0n) is 12.6. The normalized spacial score (nSPS) is 19.2. The van der Waals surface area contributed by atoms with E-state index in [0.29, 0.717) is 13.2 Å². The summed E-state index contributed by atoms with van der Waals surface area (Å²) < 4.78 is 16.0. The van der Waals surface area contributed by atoms with Gasteiger partial charge in [0.05, 0.1) is 19.8 Å². The molecule has 0 bridgehead atoms. The van der Waals surface area contributed by atoms with Crippen molar-refractivity contribution < 1.29 is 19.0 Å². The lowest BCUT2D eigenvalue weighted by Crippen LogP contribution is -2.35. The number of esters is 1. The van der Waals surface area contributed by atoms with Crippen LogP contribution in [0.5, 0.6) is 5.75 Å². The summed E-state index contributed by atoms with van der Waals surface area (Å²) >= 11 is 0. The Morgan fingerprint density at radius 3 is 3.05 bits per heavy atom. The van der Waals surface area contributed by atoms with Gasteiger partial charge in [-0.15, -0.1) is 0 Å². The maximum atomic E-state index is 12.0. The van der Waals surface area contributed by atoms with Gasteiger partial charge in [-0.1, -0.05) is 12.1 Å². The summed E-state index contributed by atoms with van der Waals surface area (Å²) in [5.41, 5.74) is 0.839. The Hall–Kier alpha value is -1.59. The van der Waals surface area contributed by atoms with E-state index in [1.54, 1.807) is 0 Å². The van der Waals surface area contributed by atoms with Crippen molar-refractivity contribution in [2.75, 3.05) is 26.9 Å². The molecule has 1 heterocycles. The molecule has 1 aromatic rings. The van der Waals surface area contributed by atoms with Gasteiger partial charge in [0.15, 0.2) is 0 Å². The third-order valence-corrected chi connectivity index (χ3v) is 3.51. The molecular formula is C16H23NO4. The maximum absolute atomic E-state index is 12.0. The van der Waals surface area contributed by atoms with E-state index < -0.39 is 6.04 Å². The highest BCUT2D eigenvalue weighted by Gasteiger charge is 2.24. The second-order valence-corrected chi connectivity index (χ2v) is 5.00. The van der Waals surface area contributed by atoms with Crippen molar-refractivity contribution >= 4 is 5.97 Å². The number of carbonyl (C=O) groups is 1. The van der Waals surface area contributed by atoms with Crippen LogP contribution in [0, 0.1) is 0 Å². The second kappa shape index (κ2) is 8.00. The van der Waals surface area contributed by atoms with Gasteiger partial charge >= 0.3 is 5.97 Å². The SMILES string of the molecule is CCOc1cccc(C(NCC2CCCO2)C(=O)OC)c1. The third kappa shape index (κ3) is 4.44. The molecule has 0 amide bonds. The molecule has 0 saturated carbocycles. The topological polar surface area (TPSA) is 56.8 Å². The van der Waals surface area contributed by atoms with E-state index in [-0.39, 0.29) is 12.1 Å². The number of nitrogens with one attached hydrogen (secondary N) is 1. The van der Waals surface area contributed by atoms with Crippen LogP contribution in [0.2, 0.25) is 0 Å². The molecule has 1 saturated heterocycles. The van der Waals surface area contributed by atoms with Crippen LogP contribution < -0.4 is 10.1 Å². The molecule has 0 aliphatic carbocycles. The Bertz CT molecular complexity index is 457. The Kier molecular flexibility index (Phi) is 6.02. The summed E-state index contributed by atoms with van der Waals surface area (Å²) in [4.78, 5) is 12.0. The predicted octanol–water partition coefficient (Wildman–Crippen LogP) is 2.07. The summed E-state index contributed by atoms with van der Waals surface area (Å²) in [5.74, 6) is 0.449. The van der Waals surface area contributed by atoms with Crippen LogP contribution >= 0.6 is 0 Å². The van der Waals surface area contributed by atoms with Gasteiger partial charge in [0, 0.05) is 13.2 Å². The van der Waals surface area contributed by atoms with Crippen LogP contribution in [-0.2, 0) is 14.3 Å². The minimum Gasteiger partial charge on any atom is -0.494 e. The van der Waals surface area contributed by atoms with Crippen LogP contribution in [0.25, 0.3) is 0 Å². The Balaban J connectivity index is 2.07. The standard InChI is InChI=1S/C16H23NO4/c1-3-20-13-7-4-6-12(10-13)15(16(18)19-2)17-11-14-8-5-9-21-14/h4,6-7,10,14-15,17H,3,5,8-9,11H2,1-2H3. The molecule has 116 valence electrons. The summed E-state index contributed by atoms with van der Waals surface area (Å²) in [5, 5.41) is 3.24. The fourth-order valence-corrected chi connectivity index (χ4v) is 2.46. The van der Waals surface area contributed by atoms with Crippen molar-refractivity contribution in [1.29, 1.82) is 0 Å². The van der Waals surface area contributed by atoms with Gasteiger partial charge in [0.25, 0.3) is 0 Å². The minimum atomic E-state index is -0.500. The molecule has 2 rings (SSSR count). The number of rotatable bonds is 7. The van der Waals surface area contributed by atoms with Crippen molar-refractivity contribution in [1.82, 2.24) is 5.32 Å². The van der Waals surface area contributed by atoms with Crippen molar-refractivity contribution in [3.05, 3.63) is 29.8 Å². The minimum absolute atomic E-state index is 0.173. The van der Waals surface area contributed by atoms with Crippen LogP contribution in [0.3, 0.4) is 0 Å². The summed E-state index contributed by atoms with van der Waals surface area (Å²) in [6.45, 7) is 3.96. The van der Waals surface area contributed by atoms with Crippen LogP contribution in [-0.4, -0.2) is 38.9 Å². The van der Waals surface area contributed by atoms with Crippen LogP contribution in [0.1, 0.15) is 31.4 Å². The van der Waals surface area contributed by atoms with E-state index >= 15 is 0 Å². The fraction of sp³-hybridized carbons (Fsp3) is 0.562. The van der Waals surface area contributed by atoms with E-state index in [2.05, 4.69) is 5.32 Å². The molecule has 2 unspecified atom stereocenters. The first-order valence-electron chi connectivity index (χ1n) is 7.40. The average molecular weight is 293 g/mol. The van der Waals surface area contributed by atoms with Crippen molar-refractivity contribution in [2.45, 2.75) is 31.9 Å². The van der Waals surface area contributed by atoms with Crippen molar-refractivity contribution in [3.8, 4) is 5.75 Å². The number of benzene rings is 1. The summed E-state index contributed by atoms with van der Waals surface area (Å²) in [7, 11) is 1.40. The number of hydrogen-bond donors (Lipinski definition) is 1. The molecule has 1 aromatic carbocycles. The van der Waals surface area contributed by atoms with Gasteiger partial charge in [-0.25, -0.2) is 4.79 Å². The van der Waals surface area contributed by atoms with E-state index in [1.807, 2.05) is 31.2 Å². The molecule has 21 heavy (non-hydrogen) atoms. The molecule has 5 heteroatoms. The van der Waals surface area contributed by atoms with E-state index in [1.165, 1.54) is 7.11 Å². The predicted molar refractivity (Wildman–Crippen MR) is 79.3 cm³/mol. The van der Waals surface area contributed by atoms with E-state index in [4.69, 9.17) is 14.2 Å². The summed E-state index contributed by atoms with van der Waals surface area (Å²) in [6.07, 6.45) is 2.28.